The summed E-state index contributed by atoms with van der Waals surface area (Å²) in [5.74, 6) is 3.65. The summed E-state index contributed by atoms with van der Waals surface area (Å²) >= 11 is 6.02. The van der Waals surface area contributed by atoms with E-state index in [0.29, 0.717) is 0 Å². The molecule has 26 heavy (non-hydrogen) atoms. The SMILES string of the molecule is Clc1ccc(C2CCC(CCC3CCC(CCC4OO4)CC3)CC2)cc1. The highest BCUT2D eigenvalue weighted by molar-refractivity contribution is 6.30. The molecule has 3 aliphatic rings. The molecule has 0 radical (unpaired) electrons. The molecule has 3 fully saturated rings. The van der Waals surface area contributed by atoms with Crippen molar-refractivity contribution in [2.75, 3.05) is 0 Å². The van der Waals surface area contributed by atoms with E-state index in [0.717, 1.165) is 35.1 Å². The molecule has 2 nitrogen and oxygen atoms in total. The average Bonchev–Trinajstić information content (AvgIpc) is 3.51. The van der Waals surface area contributed by atoms with Gasteiger partial charge in [0.15, 0.2) is 0 Å². The van der Waals surface area contributed by atoms with Gasteiger partial charge in [-0.1, -0.05) is 62.3 Å². The van der Waals surface area contributed by atoms with E-state index in [2.05, 4.69) is 12.1 Å². The van der Waals surface area contributed by atoms with E-state index in [1.54, 1.807) is 0 Å². The molecule has 0 atom stereocenters. The van der Waals surface area contributed by atoms with Gasteiger partial charge in [-0.3, -0.25) is 0 Å². The van der Waals surface area contributed by atoms with Crippen LogP contribution in [0.4, 0.5) is 0 Å². The van der Waals surface area contributed by atoms with Gasteiger partial charge in [0.1, 0.15) is 0 Å². The monoisotopic (exact) mass is 376 g/mol. The lowest BCUT2D eigenvalue weighted by atomic mass is 9.74. The normalized spacial score (nSPS) is 32.5. The zero-order valence-corrected chi connectivity index (χ0v) is 16.6. The fourth-order valence-corrected chi connectivity index (χ4v) is 5.43. The van der Waals surface area contributed by atoms with Crippen LogP contribution in [0.15, 0.2) is 24.3 Å². The molecule has 0 amide bonds. The molecule has 2 saturated carbocycles. The van der Waals surface area contributed by atoms with E-state index in [1.807, 2.05) is 12.1 Å². The molecule has 1 aliphatic heterocycles. The Kier molecular flexibility index (Phi) is 6.56. The predicted octanol–water partition coefficient (Wildman–Crippen LogP) is 7.27. The summed E-state index contributed by atoms with van der Waals surface area (Å²) in [6, 6.07) is 8.55. The lowest BCUT2D eigenvalue weighted by Crippen LogP contribution is -2.18. The fraction of sp³-hybridized carbons (Fsp3) is 0.739. The first-order chi connectivity index (χ1) is 12.8. The minimum absolute atomic E-state index is 0.135. The molecule has 0 N–H and O–H groups in total. The van der Waals surface area contributed by atoms with Crippen molar-refractivity contribution in [3.8, 4) is 0 Å². The maximum Gasteiger partial charge on any atom is 0.224 e. The number of hydrogen-bond donors (Lipinski definition) is 0. The Labute approximate surface area is 163 Å². The summed E-state index contributed by atoms with van der Waals surface area (Å²) in [6.45, 7) is 0. The standard InChI is InChI=1S/C23H33ClO2/c24-22-14-12-21(13-15-22)20-10-7-19(8-11-20)6-3-17-1-4-18(5-2-17)9-16-23-25-26-23/h12-15,17-20,23H,1-11,16H2. The van der Waals surface area contributed by atoms with Crippen LogP contribution in [0.5, 0.6) is 0 Å². The Bertz CT molecular complexity index is 538. The Morgan fingerprint density at radius 2 is 1.12 bits per heavy atom. The molecule has 144 valence electrons. The van der Waals surface area contributed by atoms with E-state index in [1.165, 1.54) is 76.2 Å². The second-order valence-corrected chi connectivity index (χ2v) is 9.37. The Hall–Kier alpha value is -0.570. The van der Waals surface area contributed by atoms with Gasteiger partial charge in [0.25, 0.3) is 0 Å². The molecular formula is C23H33ClO2. The highest BCUT2D eigenvalue weighted by atomic mass is 35.5. The van der Waals surface area contributed by atoms with Crippen LogP contribution < -0.4 is 0 Å². The first-order valence-electron chi connectivity index (χ1n) is 10.8. The molecule has 1 aromatic carbocycles. The van der Waals surface area contributed by atoms with Gasteiger partial charge < -0.3 is 0 Å². The van der Waals surface area contributed by atoms with Gasteiger partial charge in [-0.15, -0.1) is 0 Å². The molecule has 4 rings (SSSR count). The molecule has 0 unspecified atom stereocenters. The van der Waals surface area contributed by atoms with Gasteiger partial charge in [0, 0.05) is 11.4 Å². The topological polar surface area (TPSA) is 25.1 Å². The highest BCUT2D eigenvalue weighted by Gasteiger charge is 2.29. The maximum absolute atomic E-state index is 6.02. The van der Waals surface area contributed by atoms with E-state index in [9.17, 15) is 0 Å². The zero-order valence-electron chi connectivity index (χ0n) is 15.9. The third kappa shape index (κ3) is 5.47. The van der Waals surface area contributed by atoms with E-state index in [-0.39, 0.29) is 6.29 Å². The molecule has 0 aromatic heterocycles. The average molecular weight is 377 g/mol. The van der Waals surface area contributed by atoms with E-state index in [4.69, 9.17) is 21.4 Å². The van der Waals surface area contributed by atoms with Crippen molar-refractivity contribution in [1.82, 2.24) is 0 Å². The zero-order chi connectivity index (χ0) is 17.8. The van der Waals surface area contributed by atoms with Gasteiger partial charge in [0.2, 0.25) is 6.29 Å². The van der Waals surface area contributed by atoms with Crippen molar-refractivity contribution in [2.45, 2.75) is 89.3 Å². The van der Waals surface area contributed by atoms with Crippen LogP contribution in [0.1, 0.15) is 88.5 Å². The molecule has 2 aliphatic carbocycles. The smallest absolute Gasteiger partial charge is 0.199 e. The van der Waals surface area contributed by atoms with Crippen molar-refractivity contribution in [3.05, 3.63) is 34.9 Å². The molecule has 1 heterocycles. The van der Waals surface area contributed by atoms with Crippen molar-refractivity contribution < 1.29 is 9.78 Å². The van der Waals surface area contributed by atoms with Crippen LogP contribution in [0.25, 0.3) is 0 Å². The molecule has 3 heteroatoms. The van der Waals surface area contributed by atoms with Gasteiger partial charge in [0.05, 0.1) is 0 Å². The summed E-state index contributed by atoms with van der Waals surface area (Å²) in [6.07, 6.45) is 16.8. The molecule has 0 spiro atoms. The second-order valence-electron chi connectivity index (χ2n) is 8.93. The quantitative estimate of drug-likeness (QED) is 0.369. The Balaban J connectivity index is 1.11. The van der Waals surface area contributed by atoms with Crippen LogP contribution in [-0.4, -0.2) is 6.29 Å². The minimum Gasteiger partial charge on any atom is -0.199 e. The summed E-state index contributed by atoms with van der Waals surface area (Å²) in [4.78, 5) is 9.72. The van der Waals surface area contributed by atoms with Crippen molar-refractivity contribution >= 4 is 11.6 Å². The summed E-state index contributed by atoms with van der Waals surface area (Å²) in [7, 11) is 0. The number of hydrogen-bond acceptors (Lipinski definition) is 2. The van der Waals surface area contributed by atoms with Crippen molar-refractivity contribution in [3.63, 3.8) is 0 Å². The largest absolute Gasteiger partial charge is 0.224 e. The van der Waals surface area contributed by atoms with Crippen molar-refractivity contribution in [2.24, 2.45) is 17.8 Å². The van der Waals surface area contributed by atoms with Gasteiger partial charge in [-0.05, 0) is 73.5 Å². The van der Waals surface area contributed by atoms with Crippen LogP contribution in [0.2, 0.25) is 5.02 Å². The summed E-state index contributed by atoms with van der Waals surface area (Å²) in [5.41, 5.74) is 1.49. The molecular weight excluding hydrogens is 344 g/mol. The minimum atomic E-state index is 0.135. The van der Waals surface area contributed by atoms with Crippen LogP contribution in [-0.2, 0) is 9.78 Å². The summed E-state index contributed by atoms with van der Waals surface area (Å²) in [5, 5.41) is 0.853. The molecule has 0 bridgehead atoms. The Morgan fingerprint density at radius 1 is 0.654 bits per heavy atom. The van der Waals surface area contributed by atoms with Gasteiger partial charge in [-0.2, -0.15) is 9.78 Å². The second kappa shape index (κ2) is 9.08. The van der Waals surface area contributed by atoms with Gasteiger partial charge >= 0.3 is 0 Å². The van der Waals surface area contributed by atoms with Crippen LogP contribution in [0, 0.1) is 17.8 Å². The molecule has 1 saturated heterocycles. The first kappa shape index (κ1) is 18.8. The van der Waals surface area contributed by atoms with E-state index < -0.39 is 0 Å². The Morgan fingerprint density at radius 3 is 1.62 bits per heavy atom. The molecule has 1 aromatic rings. The maximum atomic E-state index is 6.02. The lowest BCUT2D eigenvalue weighted by Gasteiger charge is -2.32. The highest BCUT2D eigenvalue weighted by Crippen LogP contribution is 2.40. The van der Waals surface area contributed by atoms with E-state index >= 15 is 0 Å². The predicted molar refractivity (Wildman–Crippen MR) is 106 cm³/mol. The fourth-order valence-electron chi connectivity index (χ4n) is 5.31. The van der Waals surface area contributed by atoms with Gasteiger partial charge in [-0.25, -0.2) is 0 Å². The van der Waals surface area contributed by atoms with Crippen molar-refractivity contribution in [1.29, 1.82) is 0 Å². The van der Waals surface area contributed by atoms with Crippen LogP contribution >= 0.6 is 11.6 Å². The third-order valence-corrected chi connectivity index (χ3v) is 7.43. The number of benzene rings is 1. The lowest BCUT2D eigenvalue weighted by molar-refractivity contribution is 0.0850. The third-order valence-electron chi connectivity index (χ3n) is 7.18. The first-order valence-corrected chi connectivity index (χ1v) is 11.2. The van der Waals surface area contributed by atoms with Crippen LogP contribution in [0.3, 0.4) is 0 Å². The number of halogens is 1. The summed E-state index contributed by atoms with van der Waals surface area (Å²) < 4.78 is 0. The number of rotatable bonds is 7.